The molecule has 0 saturated carbocycles. The third-order valence-electron chi connectivity index (χ3n) is 7.32. The number of hydrogen-bond donors (Lipinski definition) is 2. The molecule has 1 aliphatic carbocycles. The molecule has 0 bridgehead atoms. The van der Waals surface area contributed by atoms with Crippen molar-refractivity contribution in [3.8, 4) is 0 Å². The van der Waals surface area contributed by atoms with Gasteiger partial charge in [-0.2, -0.15) is 0 Å². The van der Waals surface area contributed by atoms with Crippen LogP contribution in [0.1, 0.15) is 57.5 Å². The molecule has 0 spiro atoms. The number of aliphatic hydroxyl groups is 1. The van der Waals surface area contributed by atoms with Crippen molar-refractivity contribution in [3.63, 3.8) is 0 Å². The van der Waals surface area contributed by atoms with Crippen molar-refractivity contribution in [2.45, 2.75) is 65.0 Å². The highest BCUT2D eigenvalue weighted by Gasteiger charge is 2.56. The zero-order valence-electron chi connectivity index (χ0n) is 19.0. The van der Waals surface area contributed by atoms with Crippen LogP contribution in [0.25, 0.3) is 6.08 Å². The minimum absolute atomic E-state index is 0.0977. The minimum Gasteiger partial charge on any atom is -0.459 e. The third-order valence-corrected chi connectivity index (χ3v) is 7.32. The van der Waals surface area contributed by atoms with Crippen LogP contribution < -0.4 is 0 Å². The van der Waals surface area contributed by atoms with Gasteiger partial charge in [0.25, 0.3) is 0 Å². The number of likely N-dealkylation sites (tertiary alicyclic amines) is 1. The molecule has 7 nitrogen and oxygen atoms in total. The van der Waals surface area contributed by atoms with E-state index >= 15 is 0 Å². The van der Waals surface area contributed by atoms with Crippen molar-refractivity contribution in [2.75, 3.05) is 7.05 Å². The highest BCUT2D eigenvalue weighted by Crippen LogP contribution is 2.50. The second-order valence-electron chi connectivity index (χ2n) is 9.06. The van der Waals surface area contributed by atoms with Crippen molar-refractivity contribution in [1.82, 2.24) is 4.90 Å². The van der Waals surface area contributed by atoms with E-state index in [1.165, 1.54) is 16.0 Å². The average Bonchev–Trinajstić information content (AvgIpc) is 3.34. The van der Waals surface area contributed by atoms with Gasteiger partial charge in [0.15, 0.2) is 0 Å². The zero-order valence-corrected chi connectivity index (χ0v) is 19.0. The molecule has 3 heterocycles. The van der Waals surface area contributed by atoms with Crippen LogP contribution in [0.4, 0.5) is 0 Å². The number of nitrogens with zero attached hydrogens (tertiary/aromatic N) is 1. The molecular weight excluding hydrogens is 409 g/mol. The average molecular weight is 441 g/mol. The summed E-state index contributed by atoms with van der Waals surface area (Å²) < 4.78 is 11.6. The molecule has 172 valence electrons. The van der Waals surface area contributed by atoms with Crippen molar-refractivity contribution < 1.29 is 28.8 Å². The Morgan fingerprint density at radius 2 is 2.03 bits per heavy atom. The molecule has 3 aliphatic rings. The summed E-state index contributed by atoms with van der Waals surface area (Å²) in [6.45, 7) is 4.04. The van der Waals surface area contributed by atoms with Gasteiger partial charge < -0.3 is 19.2 Å². The van der Waals surface area contributed by atoms with E-state index in [2.05, 4.69) is 13.8 Å². The van der Waals surface area contributed by atoms with Crippen molar-refractivity contribution >= 4 is 25.0 Å². The number of carbonyl (C=O) groups is 2. The summed E-state index contributed by atoms with van der Waals surface area (Å²) in [5.74, 6) is 0.165. The fraction of sp³-hybridized carbons (Fsp3) is 0.583. The normalized spacial score (nSPS) is 28.5. The molecule has 2 fully saturated rings. The van der Waals surface area contributed by atoms with Gasteiger partial charge in [-0.15, -0.1) is 0 Å². The number of rotatable bonds is 7. The maximum absolute atomic E-state index is 12.9. The van der Waals surface area contributed by atoms with E-state index in [1.807, 2.05) is 12.1 Å². The van der Waals surface area contributed by atoms with Crippen LogP contribution in [0.15, 0.2) is 33.3 Å². The Labute approximate surface area is 189 Å². The number of carbonyl (C=O) groups excluding carboxylic acids is 2. The van der Waals surface area contributed by atoms with Crippen LogP contribution in [0.2, 0.25) is 6.32 Å². The summed E-state index contributed by atoms with van der Waals surface area (Å²) in [6, 6.07) is 3.61. The zero-order chi connectivity index (χ0) is 23.0. The predicted octanol–water partition coefficient (Wildman–Crippen LogP) is 3.18. The Morgan fingerprint density at radius 3 is 2.69 bits per heavy atom. The Hall–Kier alpha value is -2.16. The van der Waals surface area contributed by atoms with Crippen LogP contribution in [0.3, 0.4) is 0 Å². The molecule has 4 atom stereocenters. The highest BCUT2D eigenvalue weighted by molar-refractivity contribution is 6.43. The molecule has 32 heavy (non-hydrogen) atoms. The van der Waals surface area contributed by atoms with Gasteiger partial charge in [0.2, 0.25) is 11.8 Å². The molecule has 4 rings (SSSR count). The minimum atomic E-state index is -0.939. The quantitative estimate of drug-likeness (QED) is 0.383. The molecule has 0 radical (unpaired) electrons. The van der Waals surface area contributed by atoms with E-state index in [-0.39, 0.29) is 42.3 Å². The lowest BCUT2D eigenvalue weighted by Crippen LogP contribution is -2.46. The maximum Gasteiger partial charge on any atom is 0.455 e. The first kappa shape index (κ1) is 23.0. The SMILES string of the molecule is CCC1=C2[C@@H](CC/C(=C/c3ccc(CO)o3)CC)OB(O)C[C@@H]2[C@@H]2C(=O)N(C)C(=O)[C@@H]2C1. The molecule has 2 N–H and O–H groups in total. The van der Waals surface area contributed by atoms with Crippen LogP contribution in [-0.2, 0) is 20.9 Å². The predicted molar refractivity (Wildman–Crippen MR) is 120 cm³/mol. The van der Waals surface area contributed by atoms with E-state index in [0.29, 0.717) is 30.7 Å². The first-order chi connectivity index (χ1) is 15.4. The number of amides is 2. The molecule has 8 heteroatoms. The first-order valence-corrected chi connectivity index (χ1v) is 11.6. The molecule has 2 amide bonds. The topological polar surface area (TPSA) is 100 Å². The van der Waals surface area contributed by atoms with Gasteiger partial charge in [-0.3, -0.25) is 14.5 Å². The summed E-state index contributed by atoms with van der Waals surface area (Å²) in [4.78, 5) is 26.8. The summed E-state index contributed by atoms with van der Waals surface area (Å²) in [6.07, 6.45) is 5.79. The first-order valence-electron chi connectivity index (χ1n) is 11.6. The van der Waals surface area contributed by atoms with E-state index in [4.69, 9.17) is 9.07 Å². The number of allylic oxidation sites excluding steroid dienone is 2. The lowest BCUT2D eigenvalue weighted by Gasteiger charge is -2.43. The van der Waals surface area contributed by atoms with Crippen molar-refractivity contribution in [2.24, 2.45) is 17.8 Å². The van der Waals surface area contributed by atoms with Gasteiger partial charge >= 0.3 is 7.12 Å². The lowest BCUT2D eigenvalue weighted by molar-refractivity contribution is -0.138. The Balaban J connectivity index is 1.58. The van der Waals surface area contributed by atoms with Crippen molar-refractivity contribution in [3.05, 3.63) is 40.4 Å². The van der Waals surface area contributed by atoms with Gasteiger partial charge in [-0.25, -0.2) is 0 Å². The Morgan fingerprint density at radius 1 is 1.25 bits per heavy atom. The van der Waals surface area contributed by atoms with Gasteiger partial charge in [0.1, 0.15) is 18.1 Å². The largest absolute Gasteiger partial charge is 0.459 e. The number of imide groups is 1. The molecule has 1 aromatic heterocycles. The van der Waals surface area contributed by atoms with Crippen LogP contribution >= 0.6 is 0 Å². The standard InChI is InChI=1S/C24H32BNO6/c1-4-14(10-16-7-8-17(13-27)31-16)6-9-20-21-15(5-2)11-18-22(19(21)12-25(30)32-20)24(29)26(3)23(18)28/h7-8,10,18-20,22,27,30H,4-6,9,11-13H2,1-3H3/b14-10+/t18-,19+,20-,22-/m1/s1. The number of aliphatic hydroxyl groups excluding tert-OH is 1. The fourth-order valence-corrected chi connectivity index (χ4v) is 5.69. The van der Waals surface area contributed by atoms with Crippen LogP contribution in [0, 0.1) is 17.8 Å². The van der Waals surface area contributed by atoms with Crippen LogP contribution in [-0.4, -0.2) is 47.1 Å². The second-order valence-corrected chi connectivity index (χ2v) is 9.06. The van der Waals surface area contributed by atoms with Gasteiger partial charge in [0.05, 0.1) is 17.9 Å². The number of fused-ring (bicyclic) bond motifs is 3. The monoisotopic (exact) mass is 441 g/mol. The highest BCUT2D eigenvalue weighted by atomic mass is 16.5. The van der Waals surface area contributed by atoms with E-state index in [0.717, 1.165) is 24.8 Å². The molecule has 0 aromatic carbocycles. The lowest BCUT2D eigenvalue weighted by atomic mass is 9.58. The van der Waals surface area contributed by atoms with Crippen LogP contribution in [0.5, 0.6) is 0 Å². The molecule has 0 unspecified atom stereocenters. The third kappa shape index (κ3) is 4.11. The summed E-state index contributed by atoms with van der Waals surface area (Å²) in [7, 11) is 0.627. The second kappa shape index (κ2) is 9.37. The smallest absolute Gasteiger partial charge is 0.455 e. The molecule has 1 aromatic rings. The van der Waals surface area contributed by atoms with Gasteiger partial charge in [-0.05, 0) is 68.1 Å². The van der Waals surface area contributed by atoms with E-state index < -0.39 is 7.12 Å². The fourth-order valence-electron chi connectivity index (χ4n) is 5.69. The van der Waals surface area contributed by atoms with E-state index in [9.17, 15) is 19.7 Å². The summed E-state index contributed by atoms with van der Waals surface area (Å²) in [5.41, 5.74) is 3.51. The number of hydrogen-bond acceptors (Lipinski definition) is 6. The molecular formula is C24H32BNO6. The maximum atomic E-state index is 12.9. The summed E-state index contributed by atoms with van der Waals surface area (Å²) in [5, 5.41) is 19.7. The Kier molecular flexibility index (Phi) is 6.74. The van der Waals surface area contributed by atoms with E-state index in [1.54, 1.807) is 13.1 Å². The number of furan rings is 1. The Bertz CT molecular complexity index is 950. The van der Waals surface area contributed by atoms with Gasteiger partial charge in [0, 0.05) is 7.05 Å². The molecule has 2 saturated heterocycles. The molecule has 2 aliphatic heterocycles. The van der Waals surface area contributed by atoms with Gasteiger partial charge in [-0.1, -0.05) is 25.0 Å². The summed E-state index contributed by atoms with van der Waals surface area (Å²) >= 11 is 0. The van der Waals surface area contributed by atoms with Crippen molar-refractivity contribution in [1.29, 1.82) is 0 Å².